The second kappa shape index (κ2) is 4.08. The highest BCUT2D eigenvalue weighted by Gasteiger charge is 2.64. The minimum atomic E-state index is -1.83. The number of hydrogen-bond acceptors (Lipinski definition) is 3. The van der Waals surface area contributed by atoms with Gasteiger partial charge in [0.15, 0.2) is 5.60 Å². The van der Waals surface area contributed by atoms with Gasteiger partial charge in [0, 0.05) is 5.92 Å². The zero-order valence-electron chi connectivity index (χ0n) is 10.9. The number of Topliss-reactive ketones (excluding diaryl/α,β-unsaturated/α-hetero) is 2. The molecule has 0 aromatic heterocycles. The molecule has 0 aromatic carbocycles. The van der Waals surface area contributed by atoms with Crippen molar-refractivity contribution in [2.75, 3.05) is 0 Å². The molecule has 5 aliphatic rings. The molecule has 5 heteroatoms. The molecule has 0 spiro atoms. The highest BCUT2D eigenvalue weighted by atomic mass is 35.5. The Kier molecular flexibility index (Phi) is 2.72. The molecule has 4 fully saturated rings. The number of carbonyl (C=O) groups excluding carboxylic acids is 2. The first-order valence-electron chi connectivity index (χ1n) is 7.29. The van der Waals surface area contributed by atoms with Gasteiger partial charge in [-0.25, -0.2) is 0 Å². The first-order chi connectivity index (χ1) is 9.42. The van der Waals surface area contributed by atoms with Gasteiger partial charge in [-0.2, -0.15) is 0 Å². The molecule has 5 rings (SSSR count). The summed E-state index contributed by atoms with van der Waals surface area (Å²) in [5.74, 6) is 0.0157. The zero-order chi connectivity index (χ0) is 14.2. The lowest BCUT2D eigenvalue weighted by atomic mass is 9.63. The van der Waals surface area contributed by atoms with Gasteiger partial charge in [-0.1, -0.05) is 23.2 Å². The summed E-state index contributed by atoms with van der Waals surface area (Å²) in [7, 11) is 0. The Morgan fingerprint density at radius 3 is 2.15 bits per heavy atom. The van der Waals surface area contributed by atoms with Crippen molar-refractivity contribution in [3.8, 4) is 0 Å². The first kappa shape index (κ1) is 13.3. The Morgan fingerprint density at radius 1 is 1.00 bits per heavy atom. The molecule has 0 radical (unpaired) electrons. The standard InChI is InChI=1S/C15H16Cl2O3/c16-11-13(17)15(20,14(11)19)10-8-2-6-1-7(3-8)5-9(4-6)12(10)18/h6-10,20H,1-5H2. The van der Waals surface area contributed by atoms with E-state index in [0.29, 0.717) is 11.8 Å². The molecule has 4 bridgehead atoms. The highest BCUT2D eigenvalue weighted by Crippen LogP contribution is 2.58. The fourth-order valence-corrected chi connectivity index (χ4v) is 5.77. The third-order valence-electron chi connectivity index (χ3n) is 5.88. The van der Waals surface area contributed by atoms with Gasteiger partial charge in [-0.3, -0.25) is 9.59 Å². The Balaban J connectivity index is 1.79. The van der Waals surface area contributed by atoms with Crippen molar-refractivity contribution in [1.82, 2.24) is 0 Å². The minimum Gasteiger partial charge on any atom is -0.375 e. The van der Waals surface area contributed by atoms with Crippen LogP contribution in [0.15, 0.2) is 10.1 Å². The van der Waals surface area contributed by atoms with Crippen molar-refractivity contribution >= 4 is 34.8 Å². The number of aliphatic hydroxyl groups is 1. The van der Waals surface area contributed by atoms with E-state index in [2.05, 4.69) is 0 Å². The van der Waals surface area contributed by atoms with Crippen LogP contribution in [0.25, 0.3) is 0 Å². The molecule has 0 aromatic rings. The van der Waals surface area contributed by atoms with Gasteiger partial charge >= 0.3 is 0 Å². The summed E-state index contributed by atoms with van der Waals surface area (Å²) in [5, 5.41) is 10.6. The van der Waals surface area contributed by atoms with E-state index in [0.717, 1.165) is 25.7 Å². The summed E-state index contributed by atoms with van der Waals surface area (Å²) in [6.45, 7) is 0. The van der Waals surface area contributed by atoms with Gasteiger partial charge in [-0.15, -0.1) is 0 Å². The molecule has 0 saturated heterocycles. The van der Waals surface area contributed by atoms with Crippen LogP contribution in [0.3, 0.4) is 0 Å². The second-order valence-electron chi connectivity index (χ2n) is 6.97. The first-order valence-corrected chi connectivity index (χ1v) is 8.05. The Morgan fingerprint density at radius 2 is 1.60 bits per heavy atom. The molecule has 0 aliphatic heterocycles. The molecular weight excluding hydrogens is 299 g/mol. The summed E-state index contributed by atoms with van der Waals surface area (Å²) < 4.78 is 0. The van der Waals surface area contributed by atoms with Gasteiger partial charge in [0.2, 0.25) is 5.78 Å². The van der Waals surface area contributed by atoms with Gasteiger partial charge in [0.25, 0.3) is 0 Å². The second-order valence-corrected chi connectivity index (χ2v) is 7.73. The quantitative estimate of drug-likeness (QED) is 0.809. The van der Waals surface area contributed by atoms with Crippen LogP contribution in [0.2, 0.25) is 0 Å². The molecule has 1 N–H and O–H groups in total. The van der Waals surface area contributed by atoms with Crippen LogP contribution in [0.5, 0.6) is 0 Å². The number of hydrogen-bond donors (Lipinski definition) is 1. The van der Waals surface area contributed by atoms with E-state index >= 15 is 0 Å². The number of halogens is 2. The van der Waals surface area contributed by atoms with Crippen molar-refractivity contribution in [2.45, 2.75) is 37.7 Å². The molecular formula is C15H16Cl2O3. The average Bonchev–Trinajstić information content (AvgIpc) is 2.58. The maximum atomic E-state index is 12.8. The van der Waals surface area contributed by atoms with Crippen LogP contribution in [-0.2, 0) is 9.59 Å². The molecule has 5 aliphatic carbocycles. The van der Waals surface area contributed by atoms with E-state index in [-0.39, 0.29) is 27.7 Å². The molecule has 0 heterocycles. The number of fused-ring (bicyclic) bond motifs is 1. The maximum Gasteiger partial charge on any atom is 0.213 e. The number of rotatable bonds is 1. The van der Waals surface area contributed by atoms with E-state index in [1.54, 1.807) is 0 Å². The molecule has 3 nitrogen and oxygen atoms in total. The van der Waals surface area contributed by atoms with Crippen molar-refractivity contribution in [3.05, 3.63) is 10.1 Å². The minimum absolute atomic E-state index is 0.00285. The van der Waals surface area contributed by atoms with Crippen molar-refractivity contribution in [3.63, 3.8) is 0 Å². The van der Waals surface area contributed by atoms with E-state index in [1.807, 2.05) is 0 Å². The predicted octanol–water partition coefficient (Wildman–Crippen LogP) is 2.63. The van der Waals surface area contributed by atoms with Gasteiger partial charge in [0.05, 0.1) is 11.0 Å². The third kappa shape index (κ3) is 1.47. The zero-order valence-corrected chi connectivity index (χ0v) is 12.5. The summed E-state index contributed by atoms with van der Waals surface area (Å²) in [6.07, 6.45) is 4.90. The Bertz CT molecular complexity index is 541. The van der Waals surface area contributed by atoms with Crippen molar-refractivity contribution in [2.24, 2.45) is 29.6 Å². The van der Waals surface area contributed by atoms with Crippen LogP contribution >= 0.6 is 23.2 Å². The fourth-order valence-electron chi connectivity index (χ4n) is 5.19. The topological polar surface area (TPSA) is 54.4 Å². The molecule has 4 unspecified atom stereocenters. The van der Waals surface area contributed by atoms with Crippen LogP contribution in [0.1, 0.15) is 32.1 Å². The van der Waals surface area contributed by atoms with E-state index in [9.17, 15) is 14.7 Å². The number of carbonyl (C=O) groups is 2. The van der Waals surface area contributed by atoms with E-state index in [4.69, 9.17) is 23.2 Å². The van der Waals surface area contributed by atoms with Gasteiger partial charge < -0.3 is 5.11 Å². The SMILES string of the molecule is O=C1C2CC3CC(C2)CC(C3)C1C1(O)C(=O)C(Cl)=C1Cl. The summed E-state index contributed by atoms with van der Waals surface area (Å²) in [6, 6.07) is 0. The van der Waals surface area contributed by atoms with Crippen molar-refractivity contribution in [1.29, 1.82) is 0 Å². The normalized spacial score (nSPS) is 50.5. The largest absolute Gasteiger partial charge is 0.375 e. The molecule has 4 atom stereocenters. The Hall–Kier alpha value is -0.380. The molecule has 0 amide bonds. The lowest BCUT2D eigenvalue weighted by molar-refractivity contribution is -0.150. The highest BCUT2D eigenvalue weighted by molar-refractivity contribution is 6.56. The summed E-state index contributed by atoms with van der Waals surface area (Å²) >= 11 is 11.8. The van der Waals surface area contributed by atoms with Crippen LogP contribution in [0.4, 0.5) is 0 Å². The maximum absolute atomic E-state index is 12.8. The summed E-state index contributed by atoms with van der Waals surface area (Å²) in [4.78, 5) is 24.8. The molecule has 108 valence electrons. The lowest BCUT2D eigenvalue weighted by Crippen LogP contribution is -2.58. The van der Waals surface area contributed by atoms with Crippen molar-refractivity contribution < 1.29 is 14.7 Å². The summed E-state index contributed by atoms with van der Waals surface area (Å²) in [5.41, 5.74) is -1.83. The van der Waals surface area contributed by atoms with Crippen LogP contribution < -0.4 is 0 Å². The fraction of sp³-hybridized carbons (Fsp3) is 0.733. The third-order valence-corrected chi connectivity index (χ3v) is 6.81. The average molecular weight is 315 g/mol. The lowest BCUT2D eigenvalue weighted by Gasteiger charge is -2.44. The van der Waals surface area contributed by atoms with Crippen LogP contribution in [0, 0.1) is 29.6 Å². The molecule has 20 heavy (non-hydrogen) atoms. The van der Waals surface area contributed by atoms with Gasteiger partial charge in [-0.05, 0) is 49.9 Å². The smallest absolute Gasteiger partial charge is 0.213 e. The monoisotopic (exact) mass is 314 g/mol. The van der Waals surface area contributed by atoms with Crippen LogP contribution in [-0.4, -0.2) is 22.3 Å². The van der Waals surface area contributed by atoms with E-state index < -0.39 is 17.3 Å². The number of ketones is 2. The molecule has 4 saturated carbocycles. The Labute approximate surface area is 127 Å². The predicted molar refractivity (Wildman–Crippen MR) is 74.2 cm³/mol. The van der Waals surface area contributed by atoms with Gasteiger partial charge in [0.1, 0.15) is 10.8 Å². The van der Waals surface area contributed by atoms with E-state index in [1.165, 1.54) is 6.42 Å².